The fourth-order valence-electron chi connectivity index (χ4n) is 2.51. The third-order valence-corrected chi connectivity index (χ3v) is 4.57. The zero-order valence-electron chi connectivity index (χ0n) is 12.0. The molecule has 5 heteroatoms. The summed E-state index contributed by atoms with van der Waals surface area (Å²) >= 11 is 3.43. The number of ether oxygens (including phenoxy) is 3. The molecule has 0 spiro atoms. The number of carbonyl (C=O) groups excluding carboxylic acids is 1. The molecular weight excluding hydrogens is 324 g/mol. The van der Waals surface area contributed by atoms with E-state index in [1.54, 1.807) is 33.5 Å². The lowest BCUT2D eigenvalue weighted by Crippen LogP contribution is -2.41. The average Bonchev–Trinajstić information content (AvgIpc) is 2.41. The lowest BCUT2D eigenvalue weighted by Gasteiger charge is -2.40. The molecule has 1 aliphatic rings. The first-order valence-corrected chi connectivity index (χ1v) is 7.34. The molecule has 0 atom stereocenters. The van der Waals surface area contributed by atoms with E-state index >= 15 is 0 Å². The molecule has 110 valence electrons. The number of hydrogen-bond donors (Lipinski definition) is 0. The van der Waals surface area contributed by atoms with Gasteiger partial charge >= 0.3 is 0 Å². The highest BCUT2D eigenvalue weighted by Crippen LogP contribution is 2.41. The molecule has 0 N–H and O–H groups in total. The van der Waals surface area contributed by atoms with Crippen molar-refractivity contribution in [3.05, 3.63) is 22.2 Å². The van der Waals surface area contributed by atoms with Crippen LogP contribution in [0.25, 0.3) is 0 Å². The van der Waals surface area contributed by atoms with Crippen LogP contribution in [0.15, 0.2) is 16.6 Å². The maximum Gasteiger partial charge on any atom is 0.170 e. The van der Waals surface area contributed by atoms with E-state index in [9.17, 15) is 4.79 Å². The van der Waals surface area contributed by atoms with E-state index in [2.05, 4.69) is 15.9 Å². The van der Waals surface area contributed by atoms with Crippen molar-refractivity contribution in [2.24, 2.45) is 0 Å². The molecule has 0 saturated heterocycles. The Morgan fingerprint density at radius 2 is 1.95 bits per heavy atom. The van der Waals surface area contributed by atoms with Gasteiger partial charge in [0.2, 0.25) is 0 Å². The van der Waals surface area contributed by atoms with Gasteiger partial charge in [-0.1, -0.05) is 0 Å². The van der Waals surface area contributed by atoms with Crippen molar-refractivity contribution >= 4 is 21.7 Å². The van der Waals surface area contributed by atoms with Crippen molar-refractivity contribution in [3.63, 3.8) is 0 Å². The maximum atomic E-state index is 12.6. The standard InChI is InChI=1S/C15H19BrO4/c1-18-10-7-11(16)14(13(8-10)19-2)12(17)9-15(20-3)5-4-6-15/h7-8H,4-6,9H2,1-3H3. The van der Waals surface area contributed by atoms with Crippen molar-refractivity contribution in [2.75, 3.05) is 21.3 Å². The van der Waals surface area contributed by atoms with Crippen LogP contribution < -0.4 is 9.47 Å². The van der Waals surface area contributed by atoms with Gasteiger partial charge in [-0.2, -0.15) is 0 Å². The van der Waals surface area contributed by atoms with E-state index in [4.69, 9.17) is 14.2 Å². The predicted molar refractivity (Wildman–Crippen MR) is 79.8 cm³/mol. The van der Waals surface area contributed by atoms with Crippen LogP contribution in [0.1, 0.15) is 36.0 Å². The molecule has 0 unspecified atom stereocenters. The Labute approximate surface area is 127 Å². The topological polar surface area (TPSA) is 44.8 Å². The minimum Gasteiger partial charge on any atom is -0.497 e. The lowest BCUT2D eigenvalue weighted by molar-refractivity contribution is -0.0705. The van der Waals surface area contributed by atoms with E-state index < -0.39 is 0 Å². The van der Waals surface area contributed by atoms with Gasteiger partial charge in [-0.15, -0.1) is 0 Å². The number of halogens is 1. The first-order chi connectivity index (χ1) is 9.55. The molecule has 1 aliphatic carbocycles. The summed E-state index contributed by atoms with van der Waals surface area (Å²) < 4.78 is 16.7. The highest BCUT2D eigenvalue weighted by molar-refractivity contribution is 9.10. The van der Waals surface area contributed by atoms with Gasteiger partial charge < -0.3 is 14.2 Å². The van der Waals surface area contributed by atoms with Crippen molar-refractivity contribution in [1.82, 2.24) is 0 Å². The third-order valence-electron chi connectivity index (χ3n) is 3.94. The molecule has 0 radical (unpaired) electrons. The molecule has 20 heavy (non-hydrogen) atoms. The first-order valence-electron chi connectivity index (χ1n) is 6.55. The van der Waals surface area contributed by atoms with Gasteiger partial charge in [-0.25, -0.2) is 0 Å². The number of methoxy groups -OCH3 is 3. The summed E-state index contributed by atoms with van der Waals surface area (Å²) in [6, 6.07) is 3.49. The molecule has 1 aromatic carbocycles. The van der Waals surface area contributed by atoms with Crippen LogP contribution >= 0.6 is 15.9 Å². The Kier molecular flexibility index (Phi) is 4.70. The van der Waals surface area contributed by atoms with Crippen LogP contribution in [-0.2, 0) is 4.74 Å². The summed E-state index contributed by atoms with van der Waals surface area (Å²) in [6.45, 7) is 0. The van der Waals surface area contributed by atoms with Gasteiger partial charge in [-0.05, 0) is 41.3 Å². The molecule has 1 aromatic rings. The van der Waals surface area contributed by atoms with Crippen molar-refractivity contribution < 1.29 is 19.0 Å². The number of hydrogen-bond acceptors (Lipinski definition) is 4. The van der Waals surface area contributed by atoms with E-state index in [1.165, 1.54) is 0 Å². The molecule has 1 saturated carbocycles. The minimum absolute atomic E-state index is 0.0259. The molecule has 2 rings (SSSR count). The summed E-state index contributed by atoms with van der Waals surface area (Å²) in [5.74, 6) is 1.19. The van der Waals surface area contributed by atoms with Crippen LogP contribution in [0.3, 0.4) is 0 Å². The summed E-state index contributed by atoms with van der Waals surface area (Å²) in [4.78, 5) is 12.6. The zero-order valence-corrected chi connectivity index (χ0v) is 13.6. The molecule has 1 fully saturated rings. The number of ketones is 1. The van der Waals surface area contributed by atoms with E-state index in [0.717, 1.165) is 19.3 Å². The summed E-state index contributed by atoms with van der Waals surface area (Å²) in [5, 5.41) is 0. The van der Waals surface area contributed by atoms with Crippen molar-refractivity contribution in [1.29, 1.82) is 0 Å². The Hall–Kier alpha value is -1.07. The highest BCUT2D eigenvalue weighted by atomic mass is 79.9. The fourth-order valence-corrected chi connectivity index (χ4v) is 3.15. The smallest absolute Gasteiger partial charge is 0.170 e. The summed E-state index contributed by atoms with van der Waals surface area (Å²) in [6.07, 6.45) is 3.36. The Morgan fingerprint density at radius 1 is 1.25 bits per heavy atom. The molecule has 0 heterocycles. The molecule has 0 bridgehead atoms. The number of benzene rings is 1. The van der Waals surface area contributed by atoms with Crippen LogP contribution in [0.2, 0.25) is 0 Å². The predicted octanol–water partition coefficient (Wildman–Crippen LogP) is 3.61. The number of carbonyl (C=O) groups is 1. The van der Waals surface area contributed by atoms with Crippen LogP contribution in [0.4, 0.5) is 0 Å². The van der Waals surface area contributed by atoms with E-state index in [-0.39, 0.29) is 11.4 Å². The minimum atomic E-state index is -0.290. The molecule has 0 amide bonds. The molecule has 0 aromatic heterocycles. The fraction of sp³-hybridized carbons (Fsp3) is 0.533. The summed E-state index contributed by atoms with van der Waals surface area (Å²) in [5.41, 5.74) is 0.262. The Balaban J connectivity index is 2.29. The van der Waals surface area contributed by atoms with Gasteiger partial charge in [0.15, 0.2) is 5.78 Å². The van der Waals surface area contributed by atoms with Gasteiger partial charge in [0.25, 0.3) is 0 Å². The largest absolute Gasteiger partial charge is 0.497 e. The second-order valence-corrected chi connectivity index (χ2v) is 5.88. The normalized spacial score (nSPS) is 16.4. The van der Waals surface area contributed by atoms with Crippen molar-refractivity contribution in [2.45, 2.75) is 31.3 Å². The molecule has 4 nitrogen and oxygen atoms in total. The maximum absolute atomic E-state index is 12.6. The highest BCUT2D eigenvalue weighted by Gasteiger charge is 2.40. The second-order valence-electron chi connectivity index (χ2n) is 5.03. The average molecular weight is 343 g/mol. The van der Waals surface area contributed by atoms with Gasteiger partial charge in [0, 0.05) is 24.1 Å². The van der Waals surface area contributed by atoms with Crippen molar-refractivity contribution in [3.8, 4) is 11.5 Å². The quantitative estimate of drug-likeness (QED) is 0.741. The molecule has 0 aliphatic heterocycles. The van der Waals surface area contributed by atoms with Crippen LogP contribution in [0, 0.1) is 0 Å². The van der Waals surface area contributed by atoms with Crippen LogP contribution in [-0.4, -0.2) is 32.7 Å². The van der Waals surface area contributed by atoms with Gasteiger partial charge in [0.05, 0.1) is 25.4 Å². The second kappa shape index (κ2) is 6.14. The summed E-state index contributed by atoms with van der Waals surface area (Å²) in [7, 11) is 4.80. The SMILES string of the molecule is COc1cc(Br)c(C(=O)CC2(OC)CCC2)c(OC)c1. The number of Topliss-reactive ketones (excluding diaryl/α,β-unsaturated/α-hetero) is 1. The molecular formula is C15H19BrO4. The Bertz CT molecular complexity index is 503. The zero-order chi connectivity index (χ0) is 14.8. The van der Waals surface area contributed by atoms with E-state index in [0.29, 0.717) is 28.0 Å². The lowest BCUT2D eigenvalue weighted by atomic mass is 9.75. The van der Waals surface area contributed by atoms with Crippen LogP contribution in [0.5, 0.6) is 11.5 Å². The third kappa shape index (κ3) is 2.83. The Morgan fingerprint density at radius 3 is 2.40 bits per heavy atom. The van der Waals surface area contributed by atoms with E-state index in [1.807, 2.05) is 0 Å². The van der Waals surface area contributed by atoms with Gasteiger partial charge in [-0.3, -0.25) is 4.79 Å². The first kappa shape index (κ1) is 15.3. The van der Waals surface area contributed by atoms with Gasteiger partial charge in [0.1, 0.15) is 11.5 Å². The monoisotopic (exact) mass is 342 g/mol. The number of rotatable bonds is 6.